The summed E-state index contributed by atoms with van der Waals surface area (Å²) in [7, 11) is 0. The highest BCUT2D eigenvalue weighted by atomic mass is 15.2. The second-order valence-corrected chi connectivity index (χ2v) is 6.08. The van der Waals surface area contributed by atoms with Crippen LogP contribution in [0.5, 0.6) is 0 Å². The third-order valence-corrected chi connectivity index (χ3v) is 3.63. The van der Waals surface area contributed by atoms with Crippen LogP contribution in [0.25, 0.3) is 0 Å². The van der Waals surface area contributed by atoms with Crippen LogP contribution < -0.4 is 5.73 Å². The molecule has 2 N–H and O–H groups in total. The van der Waals surface area contributed by atoms with Gasteiger partial charge in [0, 0.05) is 24.7 Å². The minimum atomic E-state index is 0.317. The van der Waals surface area contributed by atoms with Crippen LogP contribution in [-0.4, -0.2) is 29.6 Å². The van der Waals surface area contributed by atoms with E-state index in [1.165, 1.54) is 19.4 Å². The van der Waals surface area contributed by atoms with Crippen LogP contribution in [0.3, 0.4) is 0 Å². The lowest BCUT2D eigenvalue weighted by molar-refractivity contribution is -0.0394. The van der Waals surface area contributed by atoms with E-state index in [1.54, 1.807) is 0 Å². The standard InChI is InChI=1S/C13H28N2/c1-10(2)8-15(11(3)4)13(9-14)6-12(5)7-13/h10-12H,6-9,14H2,1-5H3. The molecule has 0 saturated heterocycles. The van der Waals surface area contributed by atoms with Crippen LogP contribution in [0.4, 0.5) is 0 Å². The molecule has 0 unspecified atom stereocenters. The van der Waals surface area contributed by atoms with Crippen molar-refractivity contribution in [3.63, 3.8) is 0 Å². The van der Waals surface area contributed by atoms with Crippen LogP contribution in [0.15, 0.2) is 0 Å². The molecular weight excluding hydrogens is 184 g/mol. The van der Waals surface area contributed by atoms with Gasteiger partial charge in [-0.05, 0) is 38.5 Å². The first-order chi connectivity index (χ1) is 6.91. The second-order valence-electron chi connectivity index (χ2n) is 6.08. The van der Waals surface area contributed by atoms with Crippen LogP contribution in [0, 0.1) is 11.8 Å². The minimum absolute atomic E-state index is 0.317. The molecule has 2 nitrogen and oxygen atoms in total. The minimum Gasteiger partial charge on any atom is -0.329 e. The van der Waals surface area contributed by atoms with E-state index < -0.39 is 0 Å². The van der Waals surface area contributed by atoms with Gasteiger partial charge >= 0.3 is 0 Å². The molecule has 0 radical (unpaired) electrons. The van der Waals surface area contributed by atoms with Crippen LogP contribution in [-0.2, 0) is 0 Å². The lowest BCUT2D eigenvalue weighted by Crippen LogP contribution is -2.63. The fraction of sp³-hybridized carbons (Fsp3) is 1.00. The van der Waals surface area contributed by atoms with Gasteiger partial charge < -0.3 is 5.73 Å². The SMILES string of the molecule is CC(C)CN(C(C)C)C1(CN)CC(C)C1. The smallest absolute Gasteiger partial charge is 0.0339 e. The summed E-state index contributed by atoms with van der Waals surface area (Å²) < 4.78 is 0. The molecule has 0 spiro atoms. The average molecular weight is 212 g/mol. The van der Waals surface area contributed by atoms with Crippen molar-refractivity contribution >= 4 is 0 Å². The molecule has 0 heterocycles. The Kier molecular flexibility index (Phi) is 4.19. The van der Waals surface area contributed by atoms with Crippen LogP contribution >= 0.6 is 0 Å². The quantitative estimate of drug-likeness (QED) is 0.758. The van der Waals surface area contributed by atoms with E-state index in [9.17, 15) is 0 Å². The van der Waals surface area contributed by atoms with Gasteiger partial charge in [-0.2, -0.15) is 0 Å². The van der Waals surface area contributed by atoms with E-state index >= 15 is 0 Å². The highest BCUT2D eigenvalue weighted by Gasteiger charge is 2.46. The highest BCUT2D eigenvalue weighted by Crippen LogP contribution is 2.42. The molecule has 0 bridgehead atoms. The Morgan fingerprint density at radius 3 is 2.07 bits per heavy atom. The largest absolute Gasteiger partial charge is 0.329 e. The molecule has 1 saturated carbocycles. The van der Waals surface area contributed by atoms with Gasteiger partial charge in [0.25, 0.3) is 0 Å². The molecule has 1 aliphatic carbocycles. The average Bonchev–Trinajstić information content (AvgIpc) is 2.08. The van der Waals surface area contributed by atoms with Gasteiger partial charge in [0.05, 0.1) is 0 Å². The zero-order valence-corrected chi connectivity index (χ0v) is 11.1. The number of hydrogen-bond acceptors (Lipinski definition) is 2. The second kappa shape index (κ2) is 4.84. The summed E-state index contributed by atoms with van der Waals surface area (Å²) in [6.07, 6.45) is 2.57. The van der Waals surface area contributed by atoms with Crippen molar-refractivity contribution in [3.8, 4) is 0 Å². The molecule has 2 heteroatoms. The molecule has 0 aromatic rings. The summed E-state index contributed by atoms with van der Waals surface area (Å²) in [5.74, 6) is 1.59. The Hall–Kier alpha value is -0.0800. The fourth-order valence-electron chi connectivity index (χ4n) is 3.10. The van der Waals surface area contributed by atoms with Crippen molar-refractivity contribution in [2.45, 2.75) is 59.0 Å². The summed E-state index contributed by atoms with van der Waals surface area (Å²) in [4.78, 5) is 2.64. The Labute approximate surface area is 95.2 Å². The van der Waals surface area contributed by atoms with Crippen molar-refractivity contribution in [3.05, 3.63) is 0 Å². The van der Waals surface area contributed by atoms with Gasteiger partial charge in [0.1, 0.15) is 0 Å². The van der Waals surface area contributed by atoms with Crippen molar-refractivity contribution in [1.29, 1.82) is 0 Å². The lowest BCUT2D eigenvalue weighted by Gasteiger charge is -2.55. The lowest BCUT2D eigenvalue weighted by atomic mass is 9.67. The van der Waals surface area contributed by atoms with Crippen molar-refractivity contribution in [1.82, 2.24) is 4.90 Å². The van der Waals surface area contributed by atoms with E-state index in [4.69, 9.17) is 5.73 Å². The Morgan fingerprint density at radius 1 is 1.27 bits per heavy atom. The number of hydrogen-bond donors (Lipinski definition) is 1. The van der Waals surface area contributed by atoms with Gasteiger partial charge in [-0.1, -0.05) is 20.8 Å². The van der Waals surface area contributed by atoms with Gasteiger partial charge in [-0.25, -0.2) is 0 Å². The summed E-state index contributed by atoms with van der Waals surface area (Å²) in [5, 5.41) is 0. The van der Waals surface area contributed by atoms with E-state index in [-0.39, 0.29) is 0 Å². The number of rotatable bonds is 5. The van der Waals surface area contributed by atoms with Crippen molar-refractivity contribution in [2.75, 3.05) is 13.1 Å². The molecule has 0 aromatic carbocycles. The monoisotopic (exact) mass is 212 g/mol. The molecule has 1 aliphatic rings. The topological polar surface area (TPSA) is 29.3 Å². The number of nitrogens with two attached hydrogens (primary N) is 1. The van der Waals surface area contributed by atoms with E-state index in [2.05, 4.69) is 39.5 Å². The third-order valence-electron chi connectivity index (χ3n) is 3.63. The molecular formula is C13H28N2. The molecule has 0 aliphatic heterocycles. The summed E-state index contributed by atoms with van der Waals surface area (Å²) >= 11 is 0. The molecule has 0 amide bonds. The molecule has 90 valence electrons. The van der Waals surface area contributed by atoms with Gasteiger partial charge in [0.2, 0.25) is 0 Å². The normalized spacial score (nSPS) is 31.4. The van der Waals surface area contributed by atoms with Crippen molar-refractivity contribution < 1.29 is 0 Å². The van der Waals surface area contributed by atoms with Crippen LogP contribution in [0.2, 0.25) is 0 Å². The highest BCUT2D eigenvalue weighted by molar-refractivity contribution is 5.03. The molecule has 15 heavy (non-hydrogen) atoms. The maximum absolute atomic E-state index is 6.00. The molecule has 1 rings (SSSR count). The summed E-state index contributed by atoms with van der Waals surface area (Å²) in [6.45, 7) is 13.5. The summed E-state index contributed by atoms with van der Waals surface area (Å²) in [6, 6.07) is 0.614. The van der Waals surface area contributed by atoms with E-state index in [1.807, 2.05) is 0 Å². The Morgan fingerprint density at radius 2 is 1.80 bits per heavy atom. The summed E-state index contributed by atoms with van der Waals surface area (Å²) in [5.41, 5.74) is 6.32. The third kappa shape index (κ3) is 2.73. The predicted octanol–water partition coefficient (Wildman–Crippen LogP) is 2.48. The van der Waals surface area contributed by atoms with Gasteiger partial charge in [-0.15, -0.1) is 0 Å². The first-order valence-corrected chi connectivity index (χ1v) is 6.38. The van der Waals surface area contributed by atoms with Gasteiger partial charge in [-0.3, -0.25) is 4.90 Å². The predicted molar refractivity (Wildman–Crippen MR) is 66.9 cm³/mol. The van der Waals surface area contributed by atoms with E-state index in [0.29, 0.717) is 11.6 Å². The first-order valence-electron chi connectivity index (χ1n) is 6.38. The zero-order valence-electron chi connectivity index (χ0n) is 11.1. The molecule has 0 atom stereocenters. The maximum Gasteiger partial charge on any atom is 0.0339 e. The van der Waals surface area contributed by atoms with Crippen LogP contribution in [0.1, 0.15) is 47.5 Å². The number of nitrogens with zero attached hydrogens (tertiary/aromatic N) is 1. The van der Waals surface area contributed by atoms with Gasteiger partial charge in [0.15, 0.2) is 0 Å². The first kappa shape index (κ1) is 13.0. The fourth-order valence-corrected chi connectivity index (χ4v) is 3.10. The maximum atomic E-state index is 6.00. The Bertz CT molecular complexity index is 193. The van der Waals surface area contributed by atoms with E-state index in [0.717, 1.165) is 18.4 Å². The molecule has 1 fully saturated rings. The Balaban J connectivity index is 2.69. The molecule has 0 aromatic heterocycles. The van der Waals surface area contributed by atoms with Crippen molar-refractivity contribution in [2.24, 2.45) is 17.6 Å². The zero-order chi connectivity index (χ0) is 11.6.